The van der Waals surface area contributed by atoms with Crippen LogP contribution in [-0.2, 0) is 16.0 Å². The fourth-order valence-electron chi connectivity index (χ4n) is 2.81. The van der Waals surface area contributed by atoms with Crippen LogP contribution in [0.25, 0.3) is 11.0 Å². The van der Waals surface area contributed by atoms with Gasteiger partial charge in [0, 0.05) is 12.1 Å². The van der Waals surface area contributed by atoms with Crippen molar-refractivity contribution in [2.45, 2.75) is 12.5 Å². The van der Waals surface area contributed by atoms with Gasteiger partial charge in [0.25, 0.3) is 5.91 Å². The minimum absolute atomic E-state index is 0.314. The summed E-state index contributed by atoms with van der Waals surface area (Å²) in [5, 5.41) is 2.71. The summed E-state index contributed by atoms with van der Waals surface area (Å²) in [6.45, 7) is 0. The number of aromatic amines is 2. The molecule has 2 aromatic carbocycles. The molecular formula is C17H13N3O4. The summed E-state index contributed by atoms with van der Waals surface area (Å²) < 4.78 is 5.22. The second-order valence-corrected chi connectivity index (χ2v) is 5.58. The molecule has 1 atom stereocenters. The highest BCUT2D eigenvalue weighted by Crippen LogP contribution is 2.22. The van der Waals surface area contributed by atoms with Gasteiger partial charge in [-0.3, -0.25) is 4.79 Å². The Morgan fingerprint density at radius 3 is 2.75 bits per heavy atom. The molecule has 7 nitrogen and oxygen atoms in total. The van der Waals surface area contributed by atoms with Gasteiger partial charge in [-0.1, -0.05) is 18.2 Å². The molecule has 0 radical (unpaired) electrons. The summed E-state index contributed by atoms with van der Waals surface area (Å²) in [4.78, 5) is 40.9. The van der Waals surface area contributed by atoms with Gasteiger partial charge in [0.2, 0.25) is 0 Å². The third-order valence-corrected chi connectivity index (χ3v) is 3.97. The van der Waals surface area contributed by atoms with Gasteiger partial charge in [0.15, 0.2) is 6.10 Å². The van der Waals surface area contributed by atoms with Gasteiger partial charge in [0.1, 0.15) is 0 Å². The Morgan fingerprint density at radius 1 is 1.08 bits per heavy atom. The number of anilines is 1. The van der Waals surface area contributed by atoms with Crippen molar-refractivity contribution in [2.75, 3.05) is 5.32 Å². The minimum Gasteiger partial charge on any atom is -0.448 e. The van der Waals surface area contributed by atoms with Crippen LogP contribution in [0.2, 0.25) is 0 Å². The number of rotatable bonds is 2. The third kappa shape index (κ3) is 2.45. The Labute approximate surface area is 135 Å². The van der Waals surface area contributed by atoms with E-state index in [0.717, 1.165) is 5.56 Å². The van der Waals surface area contributed by atoms with E-state index in [2.05, 4.69) is 15.3 Å². The maximum absolute atomic E-state index is 12.4. The van der Waals surface area contributed by atoms with Crippen LogP contribution in [0.1, 0.15) is 15.9 Å². The van der Waals surface area contributed by atoms with Crippen LogP contribution >= 0.6 is 0 Å². The molecule has 24 heavy (non-hydrogen) atoms. The maximum atomic E-state index is 12.4. The Balaban J connectivity index is 1.55. The number of nitrogens with one attached hydrogen (secondary N) is 3. The number of benzene rings is 2. The van der Waals surface area contributed by atoms with Crippen LogP contribution in [-0.4, -0.2) is 27.9 Å². The molecule has 0 aliphatic carbocycles. The van der Waals surface area contributed by atoms with Crippen LogP contribution in [0.4, 0.5) is 5.69 Å². The van der Waals surface area contributed by atoms with E-state index in [4.69, 9.17) is 4.74 Å². The summed E-state index contributed by atoms with van der Waals surface area (Å²) in [6.07, 6.45) is -0.551. The van der Waals surface area contributed by atoms with Gasteiger partial charge in [-0.15, -0.1) is 0 Å². The summed E-state index contributed by atoms with van der Waals surface area (Å²) in [5.41, 5.74) is 2.72. The van der Waals surface area contributed by atoms with Gasteiger partial charge < -0.3 is 20.0 Å². The highest BCUT2D eigenvalue weighted by molar-refractivity contribution is 6.00. The lowest BCUT2D eigenvalue weighted by Gasteiger charge is -2.23. The van der Waals surface area contributed by atoms with E-state index < -0.39 is 18.0 Å². The van der Waals surface area contributed by atoms with Crippen molar-refractivity contribution in [1.82, 2.24) is 9.97 Å². The molecule has 1 amide bonds. The number of ether oxygens (including phenoxy) is 1. The van der Waals surface area contributed by atoms with Crippen LogP contribution in [0.3, 0.4) is 0 Å². The molecule has 3 aromatic rings. The first-order valence-electron chi connectivity index (χ1n) is 7.42. The van der Waals surface area contributed by atoms with Crippen molar-refractivity contribution in [3.8, 4) is 0 Å². The first kappa shape index (κ1) is 14.3. The van der Waals surface area contributed by atoms with Crippen molar-refractivity contribution in [3.63, 3.8) is 0 Å². The number of carbonyl (C=O) groups is 2. The number of imidazole rings is 1. The van der Waals surface area contributed by atoms with Crippen molar-refractivity contribution < 1.29 is 14.3 Å². The minimum atomic E-state index is -0.881. The molecule has 0 spiro atoms. The molecule has 1 aromatic heterocycles. The molecule has 7 heteroatoms. The lowest BCUT2D eigenvalue weighted by Crippen LogP contribution is -2.37. The molecule has 3 N–H and O–H groups in total. The number of hydrogen-bond donors (Lipinski definition) is 3. The highest BCUT2D eigenvalue weighted by Gasteiger charge is 2.31. The number of hydrogen-bond acceptors (Lipinski definition) is 4. The van der Waals surface area contributed by atoms with E-state index in [-0.39, 0.29) is 5.69 Å². The maximum Gasteiger partial charge on any atom is 0.339 e. The molecule has 0 saturated heterocycles. The van der Waals surface area contributed by atoms with Crippen molar-refractivity contribution in [1.29, 1.82) is 0 Å². The number of aromatic nitrogens is 2. The smallest absolute Gasteiger partial charge is 0.339 e. The fourth-order valence-corrected chi connectivity index (χ4v) is 2.81. The third-order valence-electron chi connectivity index (χ3n) is 3.97. The Kier molecular flexibility index (Phi) is 3.19. The average molecular weight is 323 g/mol. The SMILES string of the molecule is O=C1O[C@@H](C(=O)Nc2ccc3[nH]c(=O)[nH]c3c2)Cc2ccccc21. The predicted molar refractivity (Wildman–Crippen MR) is 86.9 cm³/mol. The normalized spacial score (nSPS) is 16.5. The average Bonchev–Trinajstić information content (AvgIpc) is 2.94. The van der Waals surface area contributed by atoms with Crippen molar-refractivity contribution in [3.05, 3.63) is 64.1 Å². The predicted octanol–water partition coefficient (Wildman–Crippen LogP) is 1.58. The number of cyclic esters (lactones) is 1. The number of amides is 1. The number of esters is 1. The Morgan fingerprint density at radius 2 is 1.88 bits per heavy atom. The standard InChI is InChI=1S/C17H13N3O4/c21-15(14-7-9-3-1-2-4-11(9)16(22)24-14)18-10-5-6-12-13(8-10)20-17(23)19-12/h1-6,8,14H,7H2,(H,18,21)(H2,19,20,23)/t14-/m1/s1. The quantitative estimate of drug-likeness (QED) is 0.623. The molecule has 0 fully saturated rings. The molecule has 0 unspecified atom stereocenters. The Hall–Kier alpha value is -3.35. The summed E-state index contributed by atoms with van der Waals surface area (Å²) in [5.74, 6) is -0.905. The molecule has 1 aliphatic rings. The lowest BCUT2D eigenvalue weighted by atomic mass is 9.98. The second kappa shape index (κ2) is 5.38. The van der Waals surface area contributed by atoms with Gasteiger partial charge in [-0.2, -0.15) is 0 Å². The van der Waals surface area contributed by atoms with E-state index in [9.17, 15) is 14.4 Å². The second-order valence-electron chi connectivity index (χ2n) is 5.58. The fraction of sp³-hybridized carbons (Fsp3) is 0.118. The molecule has 4 rings (SSSR count). The molecule has 2 heterocycles. The van der Waals surface area contributed by atoms with E-state index in [1.807, 2.05) is 12.1 Å². The number of fused-ring (bicyclic) bond motifs is 2. The largest absolute Gasteiger partial charge is 0.448 e. The van der Waals surface area contributed by atoms with Crippen LogP contribution in [0, 0.1) is 0 Å². The van der Waals surface area contributed by atoms with Crippen molar-refractivity contribution >= 4 is 28.6 Å². The van der Waals surface area contributed by atoms with E-state index in [1.54, 1.807) is 30.3 Å². The molecule has 0 saturated carbocycles. The number of H-pyrrole nitrogens is 2. The molecule has 1 aliphatic heterocycles. The van der Waals surface area contributed by atoms with E-state index >= 15 is 0 Å². The zero-order chi connectivity index (χ0) is 16.7. The van der Waals surface area contributed by atoms with Gasteiger partial charge in [-0.05, 0) is 29.8 Å². The first-order chi connectivity index (χ1) is 11.6. The summed E-state index contributed by atoms with van der Waals surface area (Å²) in [6, 6.07) is 12.1. The lowest BCUT2D eigenvalue weighted by molar-refractivity contribution is -0.125. The molecule has 0 bridgehead atoms. The van der Waals surface area contributed by atoms with Crippen LogP contribution in [0.15, 0.2) is 47.3 Å². The molecule has 120 valence electrons. The molecular weight excluding hydrogens is 310 g/mol. The van der Waals surface area contributed by atoms with Crippen molar-refractivity contribution in [2.24, 2.45) is 0 Å². The Bertz CT molecular complexity index is 1020. The topological polar surface area (TPSA) is 104 Å². The summed E-state index contributed by atoms with van der Waals surface area (Å²) >= 11 is 0. The van der Waals surface area contributed by atoms with Gasteiger partial charge >= 0.3 is 11.7 Å². The highest BCUT2D eigenvalue weighted by atomic mass is 16.5. The first-order valence-corrected chi connectivity index (χ1v) is 7.42. The zero-order valence-corrected chi connectivity index (χ0v) is 12.5. The van der Waals surface area contributed by atoms with Gasteiger partial charge in [0.05, 0.1) is 16.6 Å². The zero-order valence-electron chi connectivity index (χ0n) is 12.5. The van der Waals surface area contributed by atoms with E-state index in [0.29, 0.717) is 28.7 Å². The monoisotopic (exact) mass is 323 g/mol. The van der Waals surface area contributed by atoms with Gasteiger partial charge in [-0.25, -0.2) is 9.59 Å². The summed E-state index contributed by atoms with van der Waals surface area (Å²) in [7, 11) is 0. The number of carbonyl (C=O) groups excluding carboxylic acids is 2. The van der Waals surface area contributed by atoms with E-state index in [1.165, 1.54) is 0 Å². The van der Waals surface area contributed by atoms with Crippen LogP contribution in [0.5, 0.6) is 0 Å². The van der Waals surface area contributed by atoms with Crippen LogP contribution < -0.4 is 11.0 Å².